The van der Waals surface area contributed by atoms with Crippen molar-refractivity contribution >= 4 is 17.1 Å². The smallest absolute Gasteiger partial charge is 0.366 e. The average molecular weight is 394 g/mol. The molecule has 14 heteroatoms. The van der Waals surface area contributed by atoms with Crippen molar-refractivity contribution < 1.29 is 44.3 Å². The number of pyridine rings is 1. The Morgan fingerprint density at radius 2 is 1.62 bits per heavy atom. The molecule has 0 spiro atoms. The molecule has 0 radical (unpaired) electrons. The van der Waals surface area contributed by atoms with Gasteiger partial charge in [0.15, 0.2) is 5.65 Å². The molecule has 0 aliphatic carbocycles. The van der Waals surface area contributed by atoms with Gasteiger partial charge in [0.2, 0.25) is 5.91 Å². The summed E-state index contributed by atoms with van der Waals surface area (Å²) in [7, 11) is 0. The molecule has 0 fully saturated rings. The average Bonchev–Trinajstić information content (AvgIpc) is 2.85. The Morgan fingerprint density at radius 1 is 1.04 bits per heavy atom. The van der Waals surface area contributed by atoms with Crippen molar-refractivity contribution in [1.82, 2.24) is 15.0 Å². The van der Waals surface area contributed by atoms with Crippen molar-refractivity contribution in [3.05, 3.63) is 23.7 Å². The molecule has 2 aromatic heterocycles. The van der Waals surface area contributed by atoms with Crippen molar-refractivity contribution in [3.63, 3.8) is 0 Å². The van der Waals surface area contributed by atoms with Crippen LogP contribution in [0.1, 0.15) is 16.2 Å². The summed E-state index contributed by atoms with van der Waals surface area (Å²) in [6.07, 6.45) is -8.29. The highest BCUT2D eigenvalue weighted by molar-refractivity contribution is 5.95. The first kappa shape index (κ1) is 19.8. The van der Waals surface area contributed by atoms with Crippen LogP contribution >= 0.6 is 0 Å². The second-order valence-electron chi connectivity index (χ2n) is 5.17. The number of nitrogens with zero attached hydrogens (tertiary/aromatic N) is 2. The van der Waals surface area contributed by atoms with E-state index >= 15 is 0 Å². The molecule has 2 aromatic rings. The maximum absolute atomic E-state index is 13.6. The first-order valence-corrected chi connectivity index (χ1v) is 6.45. The van der Waals surface area contributed by atoms with Gasteiger partial charge in [0.25, 0.3) is 0 Å². The van der Waals surface area contributed by atoms with Gasteiger partial charge in [-0.05, 0) is 6.07 Å². The van der Waals surface area contributed by atoms with Gasteiger partial charge in [-0.3, -0.25) is 4.79 Å². The SMILES string of the molecule is NC(=O)c1cnc2nc(CC(F)(F)C(F)(F)C(F)(F)C(F)(F)F)[nH]c2c1. The summed E-state index contributed by atoms with van der Waals surface area (Å²) < 4.78 is 115. The molecule has 5 nitrogen and oxygen atoms in total. The Bertz CT molecular complexity index is 843. The van der Waals surface area contributed by atoms with E-state index in [-0.39, 0.29) is 16.7 Å². The molecule has 0 atom stereocenters. The Hall–Kier alpha value is -2.54. The minimum absolute atomic E-state index is 0.214. The number of fused-ring (bicyclic) bond motifs is 1. The van der Waals surface area contributed by atoms with Crippen LogP contribution in [0.5, 0.6) is 0 Å². The predicted octanol–water partition coefficient (Wildman–Crippen LogP) is 3.07. The molecule has 0 unspecified atom stereocenters. The fraction of sp³-hybridized carbons (Fsp3) is 0.417. The lowest BCUT2D eigenvalue weighted by Crippen LogP contribution is -2.61. The lowest BCUT2D eigenvalue weighted by molar-refractivity contribution is -0.395. The highest BCUT2D eigenvalue weighted by Gasteiger charge is 2.81. The van der Waals surface area contributed by atoms with Crippen molar-refractivity contribution in [3.8, 4) is 0 Å². The molecule has 2 rings (SSSR count). The van der Waals surface area contributed by atoms with Crippen LogP contribution in [0, 0.1) is 0 Å². The van der Waals surface area contributed by atoms with E-state index in [4.69, 9.17) is 5.73 Å². The number of amides is 1. The molecular formula is C12H7F9N4O. The third-order valence-corrected chi connectivity index (χ3v) is 3.27. The summed E-state index contributed by atoms with van der Waals surface area (Å²) in [6.45, 7) is 0. The number of imidazole rings is 1. The largest absolute Gasteiger partial charge is 0.460 e. The van der Waals surface area contributed by atoms with Gasteiger partial charge in [0.05, 0.1) is 17.5 Å². The number of aromatic amines is 1. The van der Waals surface area contributed by atoms with E-state index in [0.717, 1.165) is 12.3 Å². The molecule has 2 heterocycles. The van der Waals surface area contributed by atoms with Crippen LogP contribution in [0.2, 0.25) is 0 Å². The molecule has 0 saturated carbocycles. The van der Waals surface area contributed by atoms with Crippen LogP contribution < -0.4 is 5.73 Å². The lowest BCUT2D eigenvalue weighted by atomic mass is 10.0. The first-order valence-electron chi connectivity index (χ1n) is 6.45. The molecule has 0 aliphatic heterocycles. The summed E-state index contributed by atoms with van der Waals surface area (Å²) >= 11 is 0. The van der Waals surface area contributed by atoms with Gasteiger partial charge in [-0.1, -0.05) is 0 Å². The summed E-state index contributed by atoms with van der Waals surface area (Å²) in [6, 6.07) is 0.960. The lowest BCUT2D eigenvalue weighted by Gasteiger charge is -2.33. The Balaban J connectivity index is 2.39. The number of H-pyrrole nitrogens is 1. The van der Waals surface area contributed by atoms with Crippen LogP contribution in [0.25, 0.3) is 11.2 Å². The Kier molecular flexibility index (Phi) is 4.36. The second kappa shape index (κ2) is 5.74. The number of primary amides is 1. The molecule has 1 amide bonds. The maximum Gasteiger partial charge on any atom is 0.460 e. The number of nitrogens with two attached hydrogens (primary N) is 1. The molecule has 3 N–H and O–H groups in total. The van der Waals surface area contributed by atoms with E-state index in [9.17, 15) is 44.3 Å². The van der Waals surface area contributed by atoms with E-state index in [1.807, 2.05) is 4.98 Å². The number of hydrogen-bond acceptors (Lipinski definition) is 3. The number of nitrogens with one attached hydrogen (secondary N) is 1. The highest BCUT2D eigenvalue weighted by atomic mass is 19.4. The zero-order valence-corrected chi connectivity index (χ0v) is 12.1. The molecule has 144 valence electrons. The summed E-state index contributed by atoms with van der Waals surface area (Å²) in [5.74, 6) is -21.6. The van der Waals surface area contributed by atoms with Crippen molar-refractivity contribution in [2.75, 3.05) is 0 Å². The summed E-state index contributed by atoms with van der Waals surface area (Å²) in [5, 5.41) is 0. The van der Waals surface area contributed by atoms with Gasteiger partial charge in [0, 0.05) is 6.20 Å². The molecule has 0 aromatic carbocycles. The fourth-order valence-electron chi connectivity index (χ4n) is 1.90. The molecular weight excluding hydrogens is 387 g/mol. The van der Waals surface area contributed by atoms with E-state index in [1.54, 1.807) is 0 Å². The maximum atomic E-state index is 13.6. The zero-order valence-electron chi connectivity index (χ0n) is 12.1. The fourth-order valence-corrected chi connectivity index (χ4v) is 1.90. The Morgan fingerprint density at radius 3 is 2.12 bits per heavy atom. The van der Waals surface area contributed by atoms with Gasteiger partial charge in [0.1, 0.15) is 5.82 Å². The van der Waals surface area contributed by atoms with Gasteiger partial charge in [-0.15, -0.1) is 0 Å². The highest BCUT2D eigenvalue weighted by Crippen LogP contribution is 2.53. The molecule has 26 heavy (non-hydrogen) atoms. The molecule has 0 aliphatic rings. The third-order valence-electron chi connectivity index (χ3n) is 3.27. The van der Waals surface area contributed by atoms with Crippen molar-refractivity contribution in [2.45, 2.75) is 30.4 Å². The van der Waals surface area contributed by atoms with Crippen LogP contribution in [-0.4, -0.2) is 44.8 Å². The standard InChI is InChI=1S/C12H7F9N4O/c13-9(14,10(15,16)11(17,18)12(19,20)21)2-6-24-5-1-4(7(22)26)3-23-8(5)25-6/h1,3H,2H2,(H2,22,26)(H,23,24,25). The summed E-state index contributed by atoms with van der Waals surface area (Å²) in [4.78, 5) is 19.7. The second-order valence-corrected chi connectivity index (χ2v) is 5.17. The van der Waals surface area contributed by atoms with E-state index in [1.165, 1.54) is 0 Å². The van der Waals surface area contributed by atoms with Crippen LogP contribution in [0.3, 0.4) is 0 Å². The molecule has 0 bridgehead atoms. The number of carbonyl (C=O) groups excluding carboxylic acids is 1. The van der Waals surface area contributed by atoms with E-state index < -0.39 is 42.1 Å². The third kappa shape index (κ3) is 3.03. The number of alkyl halides is 9. The van der Waals surface area contributed by atoms with Crippen LogP contribution in [0.15, 0.2) is 12.3 Å². The number of halogens is 9. The Labute approximate surface area is 137 Å². The molecule has 0 saturated heterocycles. The quantitative estimate of drug-likeness (QED) is 0.765. The topological polar surface area (TPSA) is 84.7 Å². The van der Waals surface area contributed by atoms with Gasteiger partial charge >= 0.3 is 23.9 Å². The predicted molar refractivity (Wildman–Crippen MR) is 67.0 cm³/mol. The first-order chi connectivity index (χ1) is 11.6. The zero-order chi connectivity index (χ0) is 20.1. The minimum atomic E-state index is -6.98. The summed E-state index contributed by atoms with van der Waals surface area (Å²) in [5.41, 5.74) is 4.12. The van der Waals surface area contributed by atoms with Gasteiger partial charge < -0.3 is 10.7 Å². The number of rotatable bonds is 5. The van der Waals surface area contributed by atoms with Gasteiger partial charge in [-0.25, -0.2) is 9.97 Å². The minimum Gasteiger partial charge on any atom is -0.366 e. The number of hydrogen-bond donors (Lipinski definition) is 2. The number of aromatic nitrogens is 3. The monoisotopic (exact) mass is 394 g/mol. The van der Waals surface area contributed by atoms with E-state index in [2.05, 4.69) is 9.97 Å². The van der Waals surface area contributed by atoms with E-state index in [0.29, 0.717) is 0 Å². The normalized spacial score (nSPS) is 14.0. The van der Waals surface area contributed by atoms with Crippen LogP contribution in [0.4, 0.5) is 39.5 Å². The van der Waals surface area contributed by atoms with Crippen LogP contribution in [-0.2, 0) is 6.42 Å². The number of carbonyl (C=O) groups is 1. The van der Waals surface area contributed by atoms with Crippen molar-refractivity contribution in [1.29, 1.82) is 0 Å². The van der Waals surface area contributed by atoms with Crippen molar-refractivity contribution in [2.24, 2.45) is 5.73 Å². The van der Waals surface area contributed by atoms with Gasteiger partial charge in [-0.2, -0.15) is 39.5 Å².